The summed E-state index contributed by atoms with van der Waals surface area (Å²) < 4.78 is 5.75. The molecule has 1 aliphatic rings. The number of ether oxygens (including phenoxy) is 1. The lowest BCUT2D eigenvalue weighted by atomic mass is 10.1. The highest BCUT2D eigenvalue weighted by molar-refractivity contribution is 5.37. The Morgan fingerprint density at radius 2 is 2.08 bits per heavy atom. The van der Waals surface area contributed by atoms with Crippen LogP contribution in [0, 0.1) is 6.92 Å². The van der Waals surface area contributed by atoms with Crippen LogP contribution in [-0.4, -0.2) is 39.2 Å². The predicted octanol–water partition coefficient (Wildman–Crippen LogP) is 1.96. The Balaban J connectivity index is 1.72. The van der Waals surface area contributed by atoms with E-state index in [-0.39, 0.29) is 18.3 Å². The molecule has 0 unspecified atom stereocenters. The summed E-state index contributed by atoms with van der Waals surface area (Å²) in [7, 11) is 0. The van der Waals surface area contributed by atoms with Crippen molar-refractivity contribution < 1.29 is 9.84 Å². The van der Waals surface area contributed by atoms with Crippen molar-refractivity contribution in [3.8, 4) is 5.75 Å². The van der Waals surface area contributed by atoms with E-state index in [1.54, 1.807) is 0 Å². The molecule has 0 radical (unpaired) electrons. The standard InChI is InChI=1S/C20H27N3O3/c1-13(2)26-19-5-4-15(10-16(19)12-24)11-23-8-6-17-18(7-9-23)21-14(3)22-20(17)25/h4-5,10,13,24H,6-9,11-12H2,1-3H3,(H,21,22,25). The molecule has 6 heteroatoms. The summed E-state index contributed by atoms with van der Waals surface area (Å²) in [6.45, 7) is 8.19. The van der Waals surface area contributed by atoms with Crippen LogP contribution in [0.5, 0.6) is 5.75 Å². The first-order chi connectivity index (χ1) is 12.5. The topological polar surface area (TPSA) is 78.5 Å². The third-order valence-electron chi connectivity index (χ3n) is 4.63. The van der Waals surface area contributed by atoms with Gasteiger partial charge in [-0.1, -0.05) is 6.07 Å². The van der Waals surface area contributed by atoms with E-state index < -0.39 is 0 Å². The molecule has 0 atom stereocenters. The number of hydrogen-bond acceptors (Lipinski definition) is 5. The van der Waals surface area contributed by atoms with Gasteiger partial charge < -0.3 is 14.8 Å². The average molecular weight is 357 g/mol. The SMILES string of the molecule is Cc1nc2c(c(=O)[nH]1)CCN(Cc1ccc(OC(C)C)c(CO)c1)CC2. The number of nitrogens with one attached hydrogen (secondary N) is 1. The number of fused-ring (bicyclic) bond motifs is 1. The van der Waals surface area contributed by atoms with E-state index in [1.165, 1.54) is 0 Å². The van der Waals surface area contributed by atoms with E-state index in [4.69, 9.17) is 4.74 Å². The van der Waals surface area contributed by atoms with Crippen molar-refractivity contribution in [2.24, 2.45) is 0 Å². The summed E-state index contributed by atoms with van der Waals surface area (Å²) in [6, 6.07) is 5.98. The van der Waals surface area contributed by atoms with Crippen LogP contribution in [0.15, 0.2) is 23.0 Å². The Labute approximate surface area is 153 Å². The first kappa shape index (κ1) is 18.6. The van der Waals surface area contributed by atoms with E-state index in [0.29, 0.717) is 12.2 Å². The van der Waals surface area contributed by atoms with Crippen molar-refractivity contribution in [1.82, 2.24) is 14.9 Å². The monoisotopic (exact) mass is 357 g/mol. The van der Waals surface area contributed by atoms with Crippen molar-refractivity contribution in [3.63, 3.8) is 0 Å². The highest BCUT2D eigenvalue weighted by Crippen LogP contribution is 2.23. The Hall–Kier alpha value is -2.18. The summed E-state index contributed by atoms with van der Waals surface area (Å²) in [6.07, 6.45) is 1.56. The molecule has 2 N–H and O–H groups in total. The van der Waals surface area contributed by atoms with Gasteiger partial charge in [-0.15, -0.1) is 0 Å². The maximum atomic E-state index is 12.2. The molecular formula is C20H27N3O3. The van der Waals surface area contributed by atoms with Gasteiger partial charge in [0, 0.05) is 37.2 Å². The molecule has 0 saturated heterocycles. The molecule has 0 bridgehead atoms. The molecule has 1 aromatic heterocycles. The Bertz CT molecular complexity index is 830. The number of aromatic amines is 1. The zero-order chi connectivity index (χ0) is 18.7. The molecular weight excluding hydrogens is 330 g/mol. The number of aromatic nitrogens is 2. The minimum Gasteiger partial charge on any atom is -0.491 e. The van der Waals surface area contributed by atoms with Crippen LogP contribution in [-0.2, 0) is 26.0 Å². The largest absolute Gasteiger partial charge is 0.491 e. The lowest BCUT2D eigenvalue weighted by Gasteiger charge is -2.21. The highest BCUT2D eigenvalue weighted by Gasteiger charge is 2.18. The number of aryl methyl sites for hydroxylation is 1. The zero-order valence-corrected chi connectivity index (χ0v) is 15.7. The van der Waals surface area contributed by atoms with Gasteiger partial charge in [-0.2, -0.15) is 0 Å². The number of hydrogen-bond donors (Lipinski definition) is 2. The molecule has 2 aromatic rings. The smallest absolute Gasteiger partial charge is 0.254 e. The lowest BCUT2D eigenvalue weighted by molar-refractivity contribution is 0.225. The van der Waals surface area contributed by atoms with Crippen molar-refractivity contribution in [2.45, 2.75) is 52.9 Å². The Kier molecular flexibility index (Phi) is 5.74. The van der Waals surface area contributed by atoms with Crippen LogP contribution in [0.4, 0.5) is 0 Å². The zero-order valence-electron chi connectivity index (χ0n) is 15.7. The summed E-state index contributed by atoms with van der Waals surface area (Å²) in [5, 5.41) is 9.64. The highest BCUT2D eigenvalue weighted by atomic mass is 16.5. The second kappa shape index (κ2) is 8.01. The van der Waals surface area contributed by atoms with Gasteiger partial charge in [0.15, 0.2) is 0 Å². The van der Waals surface area contributed by atoms with Gasteiger partial charge in [0.25, 0.3) is 5.56 Å². The minimum atomic E-state index is -0.0418. The molecule has 0 saturated carbocycles. The van der Waals surface area contributed by atoms with E-state index in [2.05, 4.69) is 14.9 Å². The van der Waals surface area contributed by atoms with Crippen LogP contribution < -0.4 is 10.3 Å². The second-order valence-electron chi connectivity index (χ2n) is 7.12. The third-order valence-corrected chi connectivity index (χ3v) is 4.63. The normalized spacial score (nSPS) is 15.0. The van der Waals surface area contributed by atoms with Gasteiger partial charge in [-0.3, -0.25) is 9.69 Å². The second-order valence-corrected chi connectivity index (χ2v) is 7.12. The molecule has 140 valence electrons. The summed E-state index contributed by atoms with van der Waals surface area (Å²) in [5.41, 5.74) is 3.67. The fourth-order valence-electron chi connectivity index (χ4n) is 3.42. The third kappa shape index (κ3) is 4.31. The van der Waals surface area contributed by atoms with Gasteiger partial charge in [0.1, 0.15) is 11.6 Å². The number of aliphatic hydroxyl groups excluding tert-OH is 1. The van der Waals surface area contributed by atoms with Gasteiger partial charge in [0.05, 0.1) is 18.4 Å². The molecule has 3 rings (SSSR count). The molecule has 1 aromatic carbocycles. The van der Waals surface area contributed by atoms with Gasteiger partial charge in [-0.05, 0) is 44.9 Å². The first-order valence-corrected chi connectivity index (χ1v) is 9.16. The van der Waals surface area contributed by atoms with Gasteiger partial charge in [0.2, 0.25) is 0 Å². The first-order valence-electron chi connectivity index (χ1n) is 9.16. The Morgan fingerprint density at radius 1 is 1.31 bits per heavy atom. The predicted molar refractivity (Wildman–Crippen MR) is 100 cm³/mol. The van der Waals surface area contributed by atoms with E-state index >= 15 is 0 Å². The van der Waals surface area contributed by atoms with E-state index in [0.717, 1.165) is 54.2 Å². The van der Waals surface area contributed by atoms with Crippen LogP contribution >= 0.6 is 0 Å². The van der Waals surface area contributed by atoms with Gasteiger partial charge in [-0.25, -0.2) is 4.98 Å². The maximum Gasteiger partial charge on any atom is 0.254 e. The van der Waals surface area contributed by atoms with Crippen LogP contribution in [0.2, 0.25) is 0 Å². The van der Waals surface area contributed by atoms with Crippen molar-refractivity contribution >= 4 is 0 Å². The van der Waals surface area contributed by atoms with Crippen molar-refractivity contribution in [2.75, 3.05) is 13.1 Å². The van der Waals surface area contributed by atoms with Crippen LogP contribution in [0.1, 0.15) is 42.1 Å². The fourth-order valence-corrected chi connectivity index (χ4v) is 3.42. The summed E-state index contributed by atoms with van der Waals surface area (Å²) in [5.74, 6) is 1.41. The number of aliphatic hydroxyl groups is 1. The summed E-state index contributed by atoms with van der Waals surface area (Å²) >= 11 is 0. The summed E-state index contributed by atoms with van der Waals surface area (Å²) in [4.78, 5) is 21.8. The number of rotatable bonds is 5. The number of nitrogens with zero attached hydrogens (tertiary/aromatic N) is 2. The molecule has 0 fully saturated rings. The fraction of sp³-hybridized carbons (Fsp3) is 0.500. The minimum absolute atomic E-state index is 0.00731. The quantitative estimate of drug-likeness (QED) is 0.855. The Morgan fingerprint density at radius 3 is 2.81 bits per heavy atom. The van der Waals surface area contributed by atoms with Crippen LogP contribution in [0.25, 0.3) is 0 Å². The molecule has 0 spiro atoms. The molecule has 0 amide bonds. The number of H-pyrrole nitrogens is 1. The average Bonchev–Trinajstić information content (AvgIpc) is 2.78. The number of benzene rings is 1. The van der Waals surface area contributed by atoms with E-state index in [9.17, 15) is 9.90 Å². The molecule has 1 aliphatic heterocycles. The van der Waals surface area contributed by atoms with E-state index in [1.807, 2.05) is 39.0 Å². The van der Waals surface area contributed by atoms with Crippen LogP contribution in [0.3, 0.4) is 0 Å². The van der Waals surface area contributed by atoms with Gasteiger partial charge >= 0.3 is 0 Å². The molecule has 2 heterocycles. The molecule has 6 nitrogen and oxygen atoms in total. The molecule has 26 heavy (non-hydrogen) atoms. The van der Waals surface area contributed by atoms with Crippen molar-refractivity contribution in [3.05, 3.63) is 56.8 Å². The lowest BCUT2D eigenvalue weighted by Crippen LogP contribution is -2.26. The van der Waals surface area contributed by atoms with Crippen molar-refractivity contribution in [1.29, 1.82) is 0 Å². The maximum absolute atomic E-state index is 12.2. The molecule has 0 aliphatic carbocycles.